The molecule has 0 aliphatic heterocycles. The SMILES string of the molecule is Cc1cccn(CCC=O)c1=O. The Kier molecular flexibility index (Phi) is 2.80. The highest BCUT2D eigenvalue weighted by Crippen LogP contribution is 1.89. The lowest BCUT2D eigenvalue weighted by Gasteiger charge is -2.02. The van der Waals surface area contributed by atoms with Crippen molar-refractivity contribution in [2.24, 2.45) is 0 Å². The van der Waals surface area contributed by atoms with Crippen molar-refractivity contribution in [3.05, 3.63) is 34.2 Å². The second-order valence-electron chi connectivity index (χ2n) is 2.65. The van der Waals surface area contributed by atoms with E-state index in [1.165, 1.54) is 0 Å². The predicted molar refractivity (Wildman–Crippen MR) is 46.1 cm³/mol. The molecule has 3 heteroatoms. The van der Waals surface area contributed by atoms with Crippen LogP contribution in [-0.4, -0.2) is 10.9 Å². The molecule has 0 N–H and O–H groups in total. The second-order valence-corrected chi connectivity index (χ2v) is 2.65. The molecule has 0 fully saturated rings. The van der Waals surface area contributed by atoms with Crippen LogP contribution in [0.4, 0.5) is 0 Å². The van der Waals surface area contributed by atoms with Gasteiger partial charge < -0.3 is 9.36 Å². The summed E-state index contributed by atoms with van der Waals surface area (Å²) in [5, 5.41) is 0. The average Bonchev–Trinajstić information content (AvgIpc) is 2.08. The van der Waals surface area contributed by atoms with Gasteiger partial charge in [0.1, 0.15) is 6.29 Å². The molecule has 0 aliphatic rings. The minimum atomic E-state index is -0.0145. The number of aromatic nitrogens is 1. The molecule has 0 spiro atoms. The molecule has 0 aromatic carbocycles. The topological polar surface area (TPSA) is 39.1 Å². The summed E-state index contributed by atoms with van der Waals surface area (Å²) < 4.78 is 1.55. The number of carbonyl (C=O) groups excluding carboxylic acids is 1. The number of hydrogen-bond donors (Lipinski definition) is 0. The molecular weight excluding hydrogens is 154 g/mol. The molecule has 12 heavy (non-hydrogen) atoms. The maximum absolute atomic E-state index is 11.3. The highest BCUT2D eigenvalue weighted by atomic mass is 16.1. The summed E-state index contributed by atoms with van der Waals surface area (Å²) in [6.45, 7) is 2.24. The number of hydrogen-bond acceptors (Lipinski definition) is 2. The van der Waals surface area contributed by atoms with Crippen molar-refractivity contribution in [3.8, 4) is 0 Å². The van der Waals surface area contributed by atoms with Crippen LogP contribution < -0.4 is 5.56 Å². The summed E-state index contributed by atoms with van der Waals surface area (Å²) in [4.78, 5) is 21.4. The van der Waals surface area contributed by atoms with Crippen LogP contribution in [0, 0.1) is 6.92 Å². The van der Waals surface area contributed by atoms with Gasteiger partial charge >= 0.3 is 0 Å². The van der Waals surface area contributed by atoms with E-state index < -0.39 is 0 Å². The van der Waals surface area contributed by atoms with E-state index in [2.05, 4.69) is 0 Å². The van der Waals surface area contributed by atoms with Crippen molar-refractivity contribution in [2.45, 2.75) is 19.9 Å². The molecule has 3 nitrogen and oxygen atoms in total. The number of nitrogens with zero attached hydrogens (tertiary/aromatic N) is 1. The smallest absolute Gasteiger partial charge is 0.253 e. The molecule has 1 aromatic heterocycles. The Morgan fingerprint density at radius 3 is 3.00 bits per heavy atom. The number of rotatable bonds is 3. The van der Waals surface area contributed by atoms with Crippen molar-refractivity contribution in [3.63, 3.8) is 0 Å². The molecule has 0 amide bonds. The maximum Gasteiger partial charge on any atom is 0.253 e. The fourth-order valence-electron chi connectivity index (χ4n) is 1.02. The third-order valence-corrected chi connectivity index (χ3v) is 1.70. The largest absolute Gasteiger partial charge is 0.315 e. The van der Waals surface area contributed by atoms with Gasteiger partial charge in [-0.2, -0.15) is 0 Å². The van der Waals surface area contributed by atoms with Crippen molar-refractivity contribution >= 4 is 6.29 Å². The summed E-state index contributed by atoms with van der Waals surface area (Å²) in [6.07, 6.45) is 2.90. The Labute approximate surface area is 70.6 Å². The molecular formula is C9H11NO2. The number of aryl methyl sites for hydroxylation is 2. The van der Waals surface area contributed by atoms with Gasteiger partial charge in [-0.1, -0.05) is 6.07 Å². The fourth-order valence-corrected chi connectivity index (χ4v) is 1.02. The van der Waals surface area contributed by atoms with E-state index in [4.69, 9.17) is 0 Å². The van der Waals surface area contributed by atoms with Gasteiger partial charge in [-0.25, -0.2) is 0 Å². The lowest BCUT2D eigenvalue weighted by Crippen LogP contribution is -2.21. The molecule has 1 heterocycles. The second kappa shape index (κ2) is 3.85. The Bertz CT molecular complexity index is 328. The summed E-state index contributed by atoms with van der Waals surface area (Å²) in [7, 11) is 0. The Balaban J connectivity index is 2.92. The van der Waals surface area contributed by atoms with Gasteiger partial charge in [0.2, 0.25) is 0 Å². The minimum absolute atomic E-state index is 0.0145. The van der Waals surface area contributed by atoms with Gasteiger partial charge in [0.05, 0.1) is 0 Å². The standard InChI is InChI=1S/C9H11NO2/c1-8-4-2-5-10(9(8)12)6-3-7-11/h2,4-5,7H,3,6H2,1H3. The molecule has 0 unspecified atom stereocenters. The predicted octanol–water partition coefficient (Wildman–Crippen LogP) is 0.746. The van der Waals surface area contributed by atoms with Gasteiger partial charge in [0, 0.05) is 24.7 Å². The minimum Gasteiger partial charge on any atom is -0.315 e. The zero-order chi connectivity index (χ0) is 8.97. The first kappa shape index (κ1) is 8.71. The van der Waals surface area contributed by atoms with Gasteiger partial charge in [-0.05, 0) is 13.0 Å². The van der Waals surface area contributed by atoms with E-state index in [1.807, 2.05) is 6.07 Å². The van der Waals surface area contributed by atoms with Crippen LogP contribution in [0.3, 0.4) is 0 Å². The molecule has 64 valence electrons. The van der Waals surface area contributed by atoms with Gasteiger partial charge in [-0.3, -0.25) is 4.79 Å². The van der Waals surface area contributed by atoms with Crippen LogP contribution >= 0.6 is 0 Å². The summed E-state index contributed by atoms with van der Waals surface area (Å²) in [6, 6.07) is 3.57. The average molecular weight is 165 g/mol. The molecule has 0 saturated carbocycles. The Morgan fingerprint density at radius 2 is 2.33 bits per heavy atom. The summed E-state index contributed by atoms with van der Waals surface area (Å²) in [5.74, 6) is 0. The first-order valence-corrected chi connectivity index (χ1v) is 3.85. The molecule has 0 radical (unpaired) electrons. The van der Waals surface area contributed by atoms with Crippen LogP contribution in [0.15, 0.2) is 23.1 Å². The van der Waals surface area contributed by atoms with Crippen LogP contribution in [0.1, 0.15) is 12.0 Å². The van der Waals surface area contributed by atoms with Crippen LogP contribution in [0.25, 0.3) is 0 Å². The number of aldehydes is 1. The molecule has 0 saturated heterocycles. The van der Waals surface area contributed by atoms with E-state index in [-0.39, 0.29) is 5.56 Å². The van der Waals surface area contributed by atoms with E-state index in [0.29, 0.717) is 18.5 Å². The lowest BCUT2D eigenvalue weighted by molar-refractivity contribution is -0.108. The maximum atomic E-state index is 11.3. The Hall–Kier alpha value is -1.38. The lowest BCUT2D eigenvalue weighted by atomic mass is 10.3. The summed E-state index contributed by atoms with van der Waals surface area (Å²) >= 11 is 0. The van der Waals surface area contributed by atoms with Crippen molar-refractivity contribution in [2.75, 3.05) is 0 Å². The number of carbonyl (C=O) groups is 1. The first-order valence-electron chi connectivity index (χ1n) is 3.85. The third-order valence-electron chi connectivity index (χ3n) is 1.70. The van der Waals surface area contributed by atoms with Gasteiger partial charge in [0.15, 0.2) is 0 Å². The van der Waals surface area contributed by atoms with E-state index >= 15 is 0 Å². The molecule has 0 aliphatic carbocycles. The zero-order valence-corrected chi connectivity index (χ0v) is 6.99. The van der Waals surface area contributed by atoms with Crippen LogP contribution in [0.5, 0.6) is 0 Å². The molecule has 1 rings (SSSR count). The van der Waals surface area contributed by atoms with E-state index in [9.17, 15) is 9.59 Å². The fraction of sp³-hybridized carbons (Fsp3) is 0.333. The first-order chi connectivity index (χ1) is 5.75. The zero-order valence-electron chi connectivity index (χ0n) is 6.99. The molecule has 0 atom stereocenters. The van der Waals surface area contributed by atoms with Crippen LogP contribution in [-0.2, 0) is 11.3 Å². The van der Waals surface area contributed by atoms with Crippen molar-refractivity contribution in [1.82, 2.24) is 4.57 Å². The highest BCUT2D eigenvalue weighted by Gasteiger charge is 1.96. The summed E-state index contributed by atoms with van der Waals surface area (Å²) in [5.41, 5.74) is 0.697. The van der Waals surface area contributed by atoms with Crippen molar-refractivity contribution in [1.29, 1.82) is 0 Å². The number of pyridine rings is 1. The van der Waals surface area contributed by atoms with E-state index in [0.717, 1.165) is 6.29 Å². The highest BCUT2D eigenvalue weighted by molar-refractivity contribution is 5.48. The Morgan fingerprint density at radius 1 is 1.58 bits per heavy atom. The molecule has 0 bridgehead atoms. The van der Waals surface area contributed by atoms with Gasteiger partial charge in [-0.15, -0.1) is 0 Å². The third kappa shape index (κ3) is 1.81. The normalized spacial score (nSPS) is 9.75. The quantitative estimate of drug-likeness (QED) is 0.620. The van der Waals surface area contributed by atoms with Crippen LogP contribution in [0.2, 0.25) is 0 Å². The van der Waals surface area contributed by atoms with Gasteiger partial charge in [0.25, 0.3) is 5.56 Å². The molecule has 1 aromatic rings. The monoisotopic (exact) mass is 165 g/mol. The van der Waals surface area contributed by atoms with E-state index in [1.54, 1.807) is 23.8 Å². The van der Waals surface area contributed by atoms with Crippen molar-refractivity contribution < 1.29 is 4.79 Å².